The van der Waals surface area contributed by atoms with Gasteiger partial charge in [-0.05, 0) is 18.1 Å². The van der Waals surface area contributed by atoms with Crippen LogP contribution in [0.4, 0.5) is 0 Å². The predicted octanol–water partition coefficient (Wildman–Crippen LogP) is 3.28. The first-order valence-corrected chi connectivity index (χ1v) is 7.31. The smallest absolute Gasteiger partial charge is 0.197 e. The van der Waals surface area contributed by atoms with E-state index in [1.165, 1.54) is 0 Å². The van der Waals surface area contributed by atoms with Crippen molar-refractivity contribution < 1.29 is 14.6 Å². The molecule has 1 unspecified atom stereocenters. The molecule has 1 aliphatic heterocycles. The third-order valence-electron chi connectivity index (χ3n) is 3.75. The van der Waals surface area contributed by atoms with Crippen LogP contribution in [0.1, 0.15) is 37.2 Å². The third kappa shape index (κ3) is 2.35. The van der Waals surface area contributed by atoms with Crippen molar-refractivity contribution in [1.82, 2.24) is 0 Å². The lowest BCUT2D eigenvalue weighted by molar-refractivity contribution is -0.121. The molecule has 1 aromatic carbocycles. The van der Waals surface area contributed by atoms with Gasteiger partial charge in [-0.2, -0.15) is 0 Å². The highest BCUT2D eigenvalue weighted by atomic mass is 79.9. The number of Topliss-reactive ketones (excluding diaryl/α,β-unsaturated/α-hetero) is 1. The Morgan fingerprint density at radius 2 is 2.05 bits per heavy atom. The zero-order valence-corrected chi connectivity index (χ0v) is 12.0. The molecule has 0 saturated carbocycles. The van der Waals surface area contributed by atoms with Crippen LogP contribution in [0.2, 0.25) is 0 Å². The van der Waals surface area contributed by atoms with Crippen molar-refractivity contribution in [3.05, 3.63) is 45.6 Å². The Labute approximate surface area is 120 Å². The molecule has 0 fully saturated rings. The minimum atomic E-state index is -0.818. The van der Waals surface area contributed by atoms with E-state index in [-0.39, 0.29) is 11.7 Å². The zero-order valence-electron chi connectivity index (χ0n) is 10.4. The van der Waals surface area contributed by atoms with Crippen molar-refractivity contribution in [3.63, 3.8) is 0 Å². The fourth-order valence-corrected chi connectivity index (χ4v) is 3.48. The summed E-state index contributed by atoms with van der Waals surface area (Å²) < 4.78 is 6.42. The van der Waals surface area contributed by atoms with Crippen molar-refractivity contribution in [2.45, 2.75) is 37.9 Å². The molecule has 0 aromatic heterocycles. The third-order valence-corrected chi connectivity index (χ3v) is 4.48. The summed E-state index contributed by atoms with van der Waals surface area (Å²) in [6.45, 7) is 0. The molecule has 2 atom stereocenters. The van der Waals surface area contributed by atoms with Crippen LogP contribution >= 0.6 is 15.9 Å². The molecular weight excluding hydrogens is 308 g/mol. The molecule has 0 spiro atoms. The van der Waals surface area contributed by atoms with Crippen LogP contribution in [-0.2, 0) is 9.53 Å². The summed E-state index contributed by atoms with van der Waals surface area (Å²) >= 11 is 3.53. The lowest BCUT2D eigenvalue weighted by Gasteiger charge is -2.34. The van der Waals surface area contributed by atoms with E-state index in [2.05, 4.69) is 15.9 Å². The first-order chi connectivity index (χ1) is 9.16. The number of ether oxygens (including phenoxy) is 1. The van der Waals surface area contributed by atoms with Crippen molar-refractivity contribution in [2.75, 3.05) is 0 Å². The average Bonchev–Trinajstić information content (AvgIpc) is 2.38. The average molecular weight is 323 g/mol. The molecule has 0 radical (unpaired) electrons. The number of halogens is 1. The molecule has 100 valence electrons. The summed E-state index contributed by atoms with van der Waals surface area (Å²) in [6.07, 6.45) is 1.76. The number of ketones is 1. The minimum absolute atomic E-state index is 0.0675. The molecule has 1 N–H and O–H groups in total. The zero-order chi connectivity index (χ0) is 13.4. The summed E-state index contributed by atoms with van der Waals surface area (Å²) in [5, 5.41) is 9.87. The fourth-order valence-electron chi connectivity index (χ4n) is 2.92. The second kappa shape index (κ2) is 5.10. The molecule has 19 heavy (non-hydrogen) atoms. The Hall–Kier alpha value is -1.13. The van der Waals surface area contributed by atoms with E-state index >= 15 is 0 Å². The van der Waals surface area contributed by atoms with Gasteiger partial charge in [0, 0.05) is 35.2 Å². The molecule has 4 heteroatoms. The Bertz CT molecular complexity index is 550. The first kappa shape index (κ1) is 12.9. The van der Waals surface area contributed by atoms with Crippen molar-refractivity contribution >= 4 is 21.7 Å². The summed E-state index contributed by atoms with van der Waals surface area (Å²) in [7, 11) is 0. The maximum Gasteiger partial charge on any atom is 0.197 e. The monoisotopic (exact) mass is 322 g/mol. The van der Waals surface area contributed by atoms with Crippen LogP contribution in [0, 0.1) is 0 Å². The summed E-state index contributed by atoms with van der Waals surface area (Å²) in [4.78, 5) is 12.2. The molecule has 2 aliphatic rings. The molecule has 0 saturated heterocycles. The van der Waals surface area contributed by atoms with Gasteiger partial charge in [0.1, 0.15) is 5.76 Å². The van der Waals surface area contributed by atoms with Gasteiger partial charge < -0.3 is 9.84 Å². The Kier molecular flexibility index (Phi) is 3.46. The van der Waals surface area contributed by atoms with Gasteiger partial charge in [-0.3, -0.25) is 4.79 Å². The maximum atomic E-state index is 12.2. The van der Waals surface area contributed by atoms with Crippen LogP contribution in [0.5, 0.6) is 0 Å². The number of allylic oxidation sites excluding steroid dienone is 2. The van der Waals surface area contributed by atoms with Crippen LogP contribution in [0.25, 0.3) is 0 Å². The predicted molar refractivity (Wildman–Crippen MR) is 74.5 cm³/mol. The van der Waals surface area contributed by atoms with Crippen LogP contribution in [0.15, 0.2) is 40.1 Å². The quantitative estimate of drug-likeness (QED) is 0.863. The van der Waals surface area contributed by atoms with Crippen molar-refractivity contribution in [3.8, 4) is 0 Å². The topological polar surface area (TPSA) is 46.5 Å². The molecule has 1 aromatic rings. The normalized spacial score (nSPS) is 26.9. The van der Waals surface area contributed by atoms with Gasteiger partial charge in [-0.15, -0.1) is 0 Å². The van der Waals surface area contributed by atoms with E-state index in [4.69, 9.17) is 4.74 Å². The number of hydrogen-bond acceptors (Lipinski definition) is 3. The second-order valence-electron chi connectivity index (χ2n) is 5.00. The molecule has 3 nitrogen and oxygen atoms in total. The van der Waals surface area contributed by atoms with E-state index in [0.29, 0.717) is 18.6 Å². The molecule has 1 heterocycles. The first-order valence-electron chi connectivity index (χ1n) is 6.52. The Balaban J connectivity index is 2.09. The number of aliphatic hydroxyl groups is 1. The summed E-state index contributed by atoms with van der Waals surface area (Å²) in [6, 6.07) is 7.86. The fraction of sp³-hybridized carbons (Fsp3) is 0.400. The highest BCUT2D eigenvalue weighted by Gasteiger charge is 2.36. The van der Waals surface area contributed by atoms with E-state index in [0.717, 1.165) is 28.5 Å². The van der Waals surface area contributed by atoms with E-state index < -0.39 is 6.29 Å². The summed E-state index contributed by atoms with van der Waals surface area (Å²) in [5.41, 5.74) is 1.82. The lowest BCUT2D eigenvalue weighted by atomic mass is 9.79. The van der Waals surface area contributed by atoms with Crippen LogP contribution < -0.4 is 0 Å². The standard InChI is InChI=1S/C15H15BrO3/c16-11-5-2-1-4-9(11)10-8-14(18)19-13-7-3-6-12(17)15(10)13/h1-2,4-5,10,14,18H,3,6-8H2/t10-,14?/m0/s1. The number of benzene rings is 1. The summed E-state index contributed by atoms with van der Waals surface area (Å²) in [5.74, 6) is 0.784. The molecule has 0 bridgehead atoms. The van der Waals surface area contributed by atoms with Gasteiger partial charge in [-0.25, -0.2) is 0 Å². The van der Waals surface area contributed by atoms with Gasteiger partial charge in [0.25, 0.3) is 0 Å². The van der Waals surface area contributed by atoms with Crippen molar-refractivity contribution in [1.29, 1.82) is 0 Å². The number of aliphatic hydroxyl groups excluding tert-OH is 1. The maximum absolute atomic E-state index is 12.2. The SMILES string of the molecule is O=C1CCCC2=C1[C@H](c1ccccc1Br)CC(O)O2. The van der Waals surface area contributed by atoms with Crippen LogP contribution in [-0.4, -0.2) is 17.2 Å². The van der Waals surface area contributed by atoms with E-state index in [1.807, 2.05) is 24.3 Å². The molecular formula is C15H15BrO3. The van der Waals surface area contributed by atoms with Crippen LogP contribution in [0.3, 0.4) is 0 Å². The van der Waals surface area contributed by atoms with Crippen molar-refractivity contribution in [2.24, 2.45) is 0 Å². The number of carbonyl (C=O) groups excluding carboxylic acids is 1. The number of rotatable bonds is 1. The van der Waals surface area contributed by atoms with E-state index in [9.17, 15) is 9.90 Å². The van der Waals surface area contributed by atoms with E-state index in [1.54, 1.807) is 0 Å². The van der Waals surface area contributed by atoms with Gasteiger partial charge in [-0.1, -0.05) is 34.1 Å². The Morgan fingerprint density at radius 3 is 2.84 bits per heavy atom. The Morgan fingerprint density at radius 1 is 1.26 bits per heavy atom. The molecule has 1 aliphatic carbocycles. The molecule has 0 amide bonds. The largest absolute Gasteiger partial charge is 0.469 e. The van der Waals surface area contributed by atoms with Gasteiger partial charge in [0.15, 0.2) is 12.1 Å². The number of hydrogen-bond donors (Lipinski definition) is 1. The highest BCUT2D eigenvalue weighted by Crippen LogP contribution is 2.43. The van der Waals surface area contributed by atoms with Gasteiger partial charge in [0.2, 0.25) is 0 Å². The number of carbonyl (C=O) groups is 1. The second-order valence-corrected chi connectivity index (χ2v) is 5.85. The molecule has 3 rings (SSSR count). The minimum Gasteiger partial charge on any atom is -0.469 e. The van der Waals surface area contributed by atoms with Gasteiger partial charge in [0.05, 0.1) is 0 Å². The van der Waals surface area contributed by atoms with Gasteiger partial charge >= 0.3 is 0 Å². The lowest BCUT2D eigenvalue weighted by Crippen LogP contribution is -2.30. The highest BCUT2D eigenvalue weighted by molar-refractivity contribution is 9.10.